The number of anilines is 3. The fourth-order valence-electron chi connectivity index (χ4n) is 6.02. The van der Waals surface area contributed by atoms with Crippen LogP contribution in [-0.4, -0.2) is 58.3 Å². The summed E-state index contributed by atoms with van der Waals surface area (Å²) >= 11 is 0. The van der Waals surface area contributed by atoms with Crippen molar-refractivity contribution in [2.75, 3.05) is 41.8 Å². The highest BCUT2D eigenvalue weighted by Gasteiger charge is 2.44. The van der Waals surface area contributed by atoms with Gasteiger partial charge in [0.2, 0.25) is 11.9 Å². The van der Waals surface area contributed by atoms with Crippen molar-refractivity contribution in [3.05, 3.63) is 18.5 Å². The number of hydrogen-bond acceptors (Lipinski definition) is 8. The summed E-state index contributed by atoms with van der Waals surface area (Å²) in [5, 5.41) is 0. The standard InChI is InChI=1S/C22H29N7O/c1-14-8-22(9-14)2-4-28(5-3-22)21-26-18(15-10-24-20(23)25-11-15)7-19(27-21)29-12-17-6-16(29)13-30-17/h7,10-11,14,16-17H,2-6,8-9,12-13H2,1H3,(H2,23,24,25)/t16-,17-/m0/s1. The number of hydrogen-bond donors (Lipinski definition) is 1. The normalized spacial score (nSPS) is 27.6. The zero-order chi connectivity index (χ0) is 20.3. The van der Waals surface area contributed by atoms with Crippen LogP contribution in [0.3, 0.4) is 0 Å². The third-order valence-corrected chi connectivity index (χ3v) is 7.53. The van der Waals surface area contributed by atoms with Crippen molar-refractivity contribution in [2.45, 2.75) is 51.2 Å². The van der Waals surface area contributed by atoms with Crippen molar-refractivity contribution in [3.8, 4) is 11.3 Å². The number of ether oxygens (including phenoxy) is 1. The van der Waals surface area contributed by atoms with E-state index in [1.54, 1.807) is 12.4 Å². The van der Waals surface area contributed by atoms with Gasteiger partial charge in [0.15, 0.2) is 0 Å². The number of nitrogens with zero attached hydrogens (tertiary/aromatic N) is 6. The summed E-state index contributed by atoms with van der Waals surface area (Å²) in [4.78, 5) is 23.0. The van der Waals surface area contributed by atoms with Crippen LogP contribution in [0.2, 0.25) is 0 Å². The van der Waals surface area contributed by atoms with E-state index in [2.05, 4.69) is 32.8 Å². The maximum Gasteiger partial charge on any atom is 0.227 e. The molecule has 30 heavy (non-hydrogen) atoms. The zero-order valence-electron chi connectivity index (χ0n) is 17.5. The Hall–Kier alpha value is -2.48. The van der Waals surface area contributed by atoms with Crippen molar-refractivity contribution < 1.29 is 4.74 Å². The van der Waals surface area contributed by atoms with E-state index in [9.17, 15) is 0 Å². The van der Waals surface area contributed by atoms with Crippen molar-refractivity contribution in [2.24, 2.45) is 11.3 Å². The van der Waals surface area contributed by atoms with Gasteiger partial charge in [-0.25, -0.2) is 15.0 Å². The monoisotopic (exact) mass is 407 g/mol. The average Bonchev–Trinajstić information content (AvgIpc) is 3.37. The summed E-state index contributed by atoms with van der Waals surface area (Å²) in [7, 11) is 0. The van der Waals surface area contributed by atoms with Gasteiger partial charge in [-0.3, -0.25) is 0 Å². The van der Waals surface area contributed by atoms with Crippen LogP contribution in [0, 0.1) is 11.3 Å². The Kier molecular flexibility index (Phi) is 4.13. The van der Waals surface area contributed by atoms with Gasteiger partial charge in [-0.2, -0.15) is 4.98 Å². The van der Waals surface area contributed by atoms with Gasteiger partial charge >= 0.3 is 0 Å². The smallest absolute Gasteiger partial charge is 0.227 e. The van der Waals surface area contributed by atoms with E-state index in [-0.39, 0.29) is 5.95 Å². The van der Waals surface area contributed by atoms with Crippen molar-refractivity contribution in [3.63, 3.8) is 0 Å². The second-order valence-corrected chi connectivity index (χ2v) is 9.74. The number of morpholine rings is 1. The largest absolute Gasteiger partial charge is 0.374 e. The van der Waals surface area contributed by atoms with Gasteiger partial charge in [-0.1, -0.05) is 6.92 Å². The van der Waals surface area contributed by atoms with E-state index in [0.717, 1.165) is 61.6 Å². The molecule has 1 saturated carbocycles. The molecule has 2 N–H and O–H groups in total. The molecule has 2 aromatic heterocycles. The van der Waals surface area contributed by atoms with Crippen LogP contribution < -0.4 is 15.5 Å². The highest BCUT2D eigenvalue weighted by atomic mass is 16.5. The van der Waals surface area contributed by atoms with Gasteiger partial charge in [-0.15, -0.1) is 0 Å². The average molecular weight is 408 g/mol. The summed E-state index contributed by atoms with van der Waals surface area (Å²) in [6, 6.07) is 2.48. The number of nitrogens with two attached hydrogens (primary N) is 1. The highest BCUT2D eigenvalue weighted by Crippen LogP contribution is 2.52. The van der Waals surface area contributed by atoms with Gasteiger partial charge < -0.3 is 20.3 Å². The molecule has 2 bridgehead atoms. The molecule has 6 rings (SSSR count). The van der Waals surface area contributed by atoms with Gasteiger partial charge in [0.05, 0.1) is 24.4 Å². The molecule has 3 aliphatic heterocycles. The van der Waals surface area contributed by atoms with E-state index < -0.39 is 0 Å². The molecule has 0 radical (unpaired) electrons. The van der Waals surface area contributed by atoms with E-state index in [1.807, 2.05) is 0 Å². The third kappa shape index (κ3) is 3.09. The Morgan fingerprint density at radius 2 is 1.90 bits per heavy atom. The maximum atomic E-state index is 5.80. The molecule has 2 atom stereocenters. The van der Waals surface area contributed by atoms with Crippen LogP contribution in [0.25, 0.3) is 11.3 Å². The minimum atomic E-state index is 0.276. The van der Waals surface area contributed by atoms with Crippen molar-refractivity contribution in [1.29, 1.82) is 0 Å². The fourth-order valence-corrected chi connectivity index (χ4v) is 6.02. The molecule has 1 aliphatic carbocycles. The number of nitrogen functional groups attached to an aromatic ring is 1. The fraction of sp³-hybridized carbons (Fsp3) is 0.636. The van der Waals surface area contributed by atoms with E-state index in [4.69, 9.17) is 20.4 Å². The Balaban J connectivity index is 1.32. The lowest BCUT2D eigenvalue weighted by atomic mass is 9.58. The highest BCUT2D eigenvalue weighted by molar-refractivity contribution is 5.64. The van der Waals surface area contributed by atoms with Gasteiger partial charge in [-0.05, 0) is 43.4 Å². The van der Waals surface area contributed by atoms with Gasteiger partial charge in [0, 0.05) is 43.7 Å². The van der Waals surface area contributed by atoms with Crippen LogP contribution in [0.15, 0.2) is 18.5 Å². The van der Waals surface area contributed by atoms with Crippen molar-refractivity contribution in [1.82, 2.24) is 19.9 Å². The number of rotatable bonds is 3. The predicted molar refractivity (Wildman–Crippen MR) is 115 cm³/mol. The summed E-state index contributed by atoms with van der Waals surface area (Å²) in [5.74, 6) is 2.98. The second-order valence-electron chi connectivity index (χ2n) is 9.74. The third-order valence-electron chi connectivity index (χ3n) is 7.53. The second kappa shape index (κ2) is 6.77. The number of aromatic nitrogens is 4. The summed E-state index contributed by atoms with van der Waals surface area (Å²) in [5.41, 5.74) is 8.00. The zero-order valence-corrected chi connectivity index (χ0v) is 17.5. The summed E-state index contributed by atoms with van der Waals surface area (Å²) in [6.45, 7) is 6.12. The van der Waals surface area contributed by atoms with Crippen LogP contribution >= 0.6 is 0 Å². The van der Waals surface area contributed by atoms with Crippen molar-refractivity contribution >= 4 is 17.7 Å². The molecule has 4 fully saturated rings. The lowest BCUT2D eigenvalue weighted by molar-refractivity contribution is 0.0379. The Labute approximate surface area is 176 Å². The minimum Gasteiger partial charge on any atom is -0.374 e. The Morgan fingerprint density at radius 1 is 1.13 bits per heavy atom. The molecule has 3 saturated heterocycles. The molecule has 158 valence electrons. The van der Waals surface area contributed by atoms with E-state index in [0.29, 0.717) is 17.6 Å². The first kappa shape index (κ1) is 18.3. The maximum absolute atomic E-state index is 5.80. The molecule has 2 aromatic rings. The molecule has 8 heteroatoms. The molecule has 5 heterocycles. The molecular formula is C22H29N7O. The molecule has 0 aromatic carbocycles. The quantitative estimate of drug-likeness (QED) is 0.830. The van der Waals surface area contributed by atoms with Crippen LogP contribution in [0.5, 0.6) is 0 Å². The Morgan fingerprint density at radius 3 is 2.53 bits per heavy atom. The predicted octanol–water partition coefficient (Wildman–Crippen LogP) is 2.51. The van der Waals surface area contributed by atoms with Crippen LogP contribution in [0.4, 0.5) is 17.7 Å². The first-order valence-electron chi connectivity index (χ1n) is 11.2. The molecule has 8 nitrogen and oxygen atoms in total. The molecule has 4 aliphatic rings. The van der Waals surface area contributed by atoms with E-state index >= 15 is 0 Å². The van der Waals surface area contributed by atoms with Gasteiger partial charge in [0.25, 0.3) is 0 Å². The summed E-state index contributed by atoms with van der Waals surface area (Å²) < 4.78 is 5.80. The molecule has 0 unspecified atom stereocenters. The summed E-state index contributed by atoms with van der Waals surface area (Å²) in [6.07, 6.45) is 10.2. The van der Waals surface area contributed by atoms with E-state index in [1.165, 1.54) is 25.7 Å². The molecule has 0 amide bonds. The minimum absolute atomic E-state index is 0.276. The lowest BCUT2D eigenvalue weighted by Crippen LogP contribution is -2.47. The SMILES string of the molecule is CC1CC2(CCN(c3nc(-c4cnc(N)nc4)cc(N4C[C@@H]5C[C@H]4CO5)n3)CC2)C1. The lowest BCUT2D eigenvalue weighted by Gasteiger charge is -2.51. The van der Waals surface area contributed by atoms with Crippen LogP contribution in [0.1, 0.15) is 39.0 Å². The van der Waals surface area contributed by atoms with Gasteiger partial charge in [0.1, 0.15) is 5.82 Å². The van der Waals surface area contributed by atoms with Crippen LogP contribution in [-0.2, 0) is 4.74 Å². The number of piperidine rings is 1. The molecule has 1 spiro atoms. The first-order valence-corrected chi connectivity index (χ1v) is 11.2. The topological polar surface area (TPSA) is 93.3 Å². The first-order chi connectivity index (χ1) is 14.6. The number of fused-ring (bicyclic) bond motifs is 2. The molecular weight excluding hydrogens is 378 g/mol. The Bertz CT molecular complexity index is 933.